The summed E-state index contributed by atoms with van der Waals surface area (Å²) in [5, 5.41) is 3.21. The SMILES string of the molecule is CC1CCC(NC(=O)C2(N)CCCC(C)C2)CC1. The van der Waals surface area contributed by atoms with E-state index in [1.807, 2.05) is 0 Å². The molecule has 0 aromatic rings. The van der Waals surface area contributed by atoms with Crippen LogP contribution in [0.2, 0.25) is 0 Å². The third kappa shape index (κ3) is 3.25. The summed E-state index contributed by atoms with van der Waals surface area (Å²) in [5.74, 6) is 1.51. The minimum atomic E-state index is -0.596. The summed E-state index contributed by atoms with van der Waals surface area (Å²) in [6, 6.07) is 0.367. The van der Waals surface area contributed by atoms with Crippen LogP contribution in [0.5, 0.6) is 0 Å². The average Bonchev–Trinajstić information content (AvgIpc) is 2.32. The number of nitrogens with one attached hydrogen (secondary N) is 1. The molecule has 0 radical (unpaired) electrons. The lowest BCUT2D eigenvalue weighted by Crippen LogP contribution is -2.58. The molecule has 1 amide bonds. The maximum atomic E-state index is 12.4. The first kappa shape index (κ1) is 13.9. The van der Waals surface area contributed by atoms with E-state index in [9.17, 15) is 4.79 Å². The van der Waals surface area contributed by atoms with Crippen LogP contribution in [0.1, 0.15) is 65.2 Å². The molecule has 0 heterocycles. The van der Waals surface area contributed by atoms with Gasteiger partial charge in [0.25, 0.3) is 0 Å². The van der Waals surface area contributed by atoms with E-state index in [0.29, 0.717) is 12.0 Å². The monoisotopic (exact) mass is 252 g/mol. The average molecular weight is 252 g/mol. The number of carbonyl (C=O) groups excluding carboxylic acids is 1. The molecule has 0 aromatic heterocycles. The molecular weight excluding hydrogens is 224 g/mol. The lowest BCUT2D eigenvalue weighted by Gasteiger charge is -2.37. The standard InChI is InChI=1S/C15H28N2O/c1-11-5-7-13(8-6-11)17-14(18)15(16)9-3-4-12(2)10-15/h11-13H,3-10,16H2,1-2H3,(H,17,18). The van der Waals surface area contributed by atoms with Gasteiger partial charge in [-0.25, -0.2) is 0 Å². The summed E-state index contributed by atoms with van der Waals surface area (Å²) in [4.78, 5) is 12.4. The molecule has 0 aromatic carbocycles. The van der Waals surface area contributed by atoms with Gasteiger partial charge in [-0.3, -0.25) is 4.79 Å². The van der Waals surface area contributed by atoms with Crippen LogP contribution in [0.25, 0.3) is 0 Å². The van der Waals surface area contributed by atoms with Crippen molar-refractivity contribution in [1.29, 1.82) is 0 Å². The Bertz CT molecular complexity index is 297. The highest BCUT2D eigenvalue weighted by atomic mass is 16.2. The lowest BCUT2D eigenvalue weighted by atomic mass is 9.76. The summed E-state index contributed by atoms with van der Waals surface area (Å²) in [7, 11) is 0. The minimum Gasteiger partial charge on any atom is -0.352 e. The van der Waals surface area contributed by atoms with Gasteiger partial charge in [-0.2, -0.15) is 0 Å². The summed E-state index contributed by atoms with van der Waals surface area (Å²) in [5.41, 5.74) is 5.73. The first-order chi connectivity index (χ1) is 8.49. The summed E-state index contributed by atoms with van der Waals surface area (Å²) in [6.45, 7) is 4.50. The molecule has 3 N–H and O–H groups in total. The second-order valence-electron chi connectivity index (χ2n) is 6.79. The fourth-order valence-electron chi connectivity index (χ4n) is 3.53. The largest absolute Gasteiger partial charge is 0.352 e. The molecular formula is C15H28N2O. The molecule has 3 nitrogen and oxygen atoms in total. The van der Waals surface area contributed by atoms with Gasteiger partial charge in [-0.05, 0) is 50.4 Å². The first-order valence-electron chi connectivity index (χ1n) is 7.59. The second-order valence-corrected chi connectivity index (χ2v) is 6.79. The quantitative estimate of drug-likeness (QED) is 0.793. The Kier molecular flexibility index (Phi) is 4.31. The van der Waals surface area contributed by atoms with Gasteiger partial charge in [-0.15, -0.1) is 0 Å². The summed E-state index contributed by atoms with van der Waals surface area (Å²) < 4.78 is 0. The predicted molar refractivity (Wildman–Crippen MR) is 74.1 cm³/mol. The van der Waals surface area contributed by atoms with Crippen molar-refractivity contribution in [2.45, 2.75) is 76.8 Å². The minimum absolute atomic E-state index is 0.105. The van der Waals surface area contributed by atoms with Crippen molar-refractivity contribution in [2.24, 2.45) is 17.6 Å². The molecule has 2 unspecified atom stereocenters. The van der Waals surface area contributed by atoms with Crippen LogP contribution in [-0.2, 0) is 4.79 Å². The predicted octanol–water partition coefficient (Wildman–Crippen LogP) is 2.59. The maximum absolute atomic E-state index is 12.4. The first-order valence-corrected chi connectivity index (χ1v) is 7.59. The third-order valence-electron chi connectivity index (χ3n) is 4.84. The van der Waals surface area contributed by atoms with Crippen molar-refractivity contribution in [3.05, 3.63) is 0 Å². The molecule has 3 heteroatoms. The highest BCUT2D eigenvalue weighted by molar-refractivity contribution is 5.86. The molecule has 2 aliphatic rings. The molecule has 0 bridgehead atoms. The van der Waals surface area contributed by atoms with Gasteiger partial charge in [0.15, 0.2) is 0 Å². The maximum Gasteiger partial charge on any atom is 0.240 e. The number of hydrogen-bond acceptors (Lipinski definition) is 2. The highest BCUT2D eigenvalue weighted by Gasteiger charge is 2.38. The molecule has 2 aliphatic carbocycles. The van der Waals surface area contributed by atoms with Crippen LogP contribution < -0.4 is 11.1 Å². The van der Waals surface area contributed by atoms with E-state index in [-0.39, 0.29) is 5.91 Å². The zero-order valence-corrected chi connectivity index (χ0v) is 11.9. The Hall–Kier alpha value is -0.570. The van der Waals surface area contributed by atoms with E-state index in [0.717, 1.165) is 38.0 Å². The number of amides is 1. The van der Waals surface area contributed by atoms with E-state index >= 15 is 0 Å². The molecule has 2 rings (SSSR count). The fourth-order valence-corrected chi connectivity index (χ4v) is 3.53. The zero-order chi connectivity index (χ0) is 13.2. The van der Waals surface area contributed by atoms with Crippen LogP contribution in [0.4, 0.5) is 0 Å². The van der Waals surface area contributed by atoms with Crippen molar-refractivity contribution < 1.29 is 4.79 Å². The van der Waals surface area contributed by atoms with Crippen LogP contribution in [0.3, 0.4) is 0 Å². The van der Waals surface area contributed by atoms with Gasteiger partial charge < -0.3 is 11.1 Å². The normalized spacial score (nSPS) is 41.4. The van der Waals surface area contributed by atoms with Gasteiger partial charge in [0, 0.05) is 6.04 Å². The van der Waals surface area contributed by atoms with Gasteiger partial charge in [0.1, 0.15) is 0 Å². The molecule has 0 saturated heterocycles. The van der Waals surface area contributed by atoms with Gasteiger partial charge in [-0.1, -0.05) is 26.7 Å². The Morgan fingerprint density at radius 3 is 2.39 bits per heavy atom. The Labute approximate surface area is 111 Å². The van der Waals surface area contributed by atoms with Crippen LogP contribution in [0.15, 0.2) is 0 Å². The Morgan fingerprint density at radius 2 is 1.78 bits per heavy atom. The molecule has 2 saturated carbocycles. The molecule has 2 fully saturated rings. The summed E-state index contributed by atoms with van der Waals surface area (Å²) >= 11 is 0. The van der Waals surface area contributed by atoms with E-state index < -0.39 is 5.54 Å². The number of hydrogen-bond donors (Lipinski definition) is 2. The third-order valence-corrected chi connectivity index (χ3v) is 4.84. The van der Waals surface area contributed by atoms with Crippen LogP contribution in [-0.4, -0.2) is 17.5 Å². The number of rotatable bonds is 2. The number of carbonyl (C=O) groups is 1. The van der Waals surface area contributed by atoms with E-state index in [1.54, 1.807) is 0 Å². The molecule has 104 valence electrons. The van der Waals surface area contributed by atoms with E-state index in [4.69, 9.17) is 5.73 Å². The smallest absolute Gasteiger partial charge is 0.240 e. The lowest BCUT2D eigenvalue weighted by molar-refractivity contribution is -0.129. The van der Waals surface area contributed by atoms with Crippen molar-refractivity contribution in [3.8, 4) is 0 Å². The molecule has 0 aliphatic heterocycles. The van der Waals surface area contributed by atoms with Crippen LogP contribution >= 0.6 is 0 Å². The molecule has 0 spiro atoms. The molecule has 2 atom stereocenters. The highest BCUT2D eigenvalue weighted by Crippen LogP contribution is 2.31. The number of nitrogens with two attached hydrogens (primary N) is 1. The van der Waals surface area contributed by atoms with Crippen molar-refractivity contribution in [3.63, 3.8) is 0 Å². The summed E-state index contributed by atoms with van der Waals surface area (Å²) in [6.07, 6.45) is 8.73. The Morgan fingerprint density at radius 1 is 1.11 bits per heavy atom. The second kappa shape index (κ2) is 5.60. The van der Waals surface area contributed by atoms with Crippen molar-refractivity contribution >= 4 is 5.91 Å². The molecule has 18 heavy (non-hydrogen) atoms. The van der Waals surface area contributed by atoms with Crippen LogP contribution in [0, 0.1) is 11.8 Å². The van der Waals surface area contributed by atoms with Crippen molar-refractivity contribution in [1.82, 2.24) is 5.32 Å². The van der Waals surface area contributed by atoms with E-state index in [1.165, 1.54) is 19.3 Å². The van der Waals surface area contributed by atoms with Gasteiger partial charge in [0.2, 0.25) is 5.91 Å². The van der Waals surface area contributed by atoms with Gasteiger partial charge in [0.05, 0.1) is 5.54 Å². The van der Waals surface area contributed by atoms with Crippen molar-refractivity contribution in [2.75, 3.05) is 0 Å². The van der Waals surface area contributed by atoms with E-state index in [2.05, 4.69) is 19.2 Å². The zero-order valence-electron chi connectivity index (χ0n) is 11.9. The topological polar surface area (TPSA) is 55.1 Å². The van der Waals surface area contributed by atoms with Gasteiger partial charge >= 0.3 is 0 Å². The Balaban J connectivity index is 1.87. The fraction of sp³-hybridized carbons (Fsp3) is 0.933.